The molecule has 25 heavy (non-hydrogen) atoms. The van der Waals surface area contributed by atoms with Crippen LogP contribution in [0.15, 0.2) is 42.5 Å². The minimum atomic E-state index is 0. The molecular weight excluding hydrogens is 348 g/mol. The molecule has 2 heterocycles. The fourth-order valence-corrected chi connectivity index (χ4v) is 4.03. The van der Waals surface area contributed by atoms with Crippen molar-refractivity contribution in [2.45, 2.75) is 37.8 Å². The van der Waals surface area contributed by atoms with Crippen molar-refractivity contribution in [1.82, 2.24) is 10.2 Å². The number of Topliss-reactive ketones (excluding diaryl/α,β-unsaturated/α-hetero) is 1. The van der Waals surface area contributed by atoms with E-state index in [1.165, 1.54) is 18.4 Å². The van der Waals surface area contributed by atoms with Crippen LogP contribution in [0.5, 0.6) is 0 Å². The first-order valence-electron chi connectivity index (χ1n) is 8.79. The number of fused-ring (bicyclic) bond motifs is 3. The molecule has 0 spiro atoms. The zero-order chi connectivity index (χ0) is 15.6. The molecule has 0 radical (unpaired) electrons. The largest absolute Gasteiger partial charge is 0.311 e. The second-order valence-electron chi connectivity index (χ2n) is 6.93. The van der Waals surface area contributed by atoms with Crippen molar-refractivity contribution in [3.8, 4) is 0 Å². The number of rotatable bonds is 6. The third-order valence-corrected chi connectivity index (χ3v) is 5.34. The monoisotopic (exact) mass is 376 g/mol. The minimum absolute atomic E-state index is 0. The average molecular weight is 377 g/mol. The highest BCUT2D eigenvalue weighted by molar-refractivity contribution is 7.59. The van der Waals surface area contributed by atoms with Gasteiger partial charge >= 0.3 is 0 Å². The van der Waals surface area contributed by atoms with E-state index in [0.29, 0.717) is 6.42 Å². The van der Waals surface area contributed by atoms with Gasteiger partial charge in [0.25, 0.3) is 0 Å². The first-order chi connectivity index (χ1) is 11.3. The number of benzene rings is 2. The van der Waals surface area contributed by atoms with Crippen molar-refractivity contribution in [3.05, 3.63) is 48.0 Å². The molecule has 136 valence electrons. The molecule has 2 aliphatic rings. The van der Waals surface area contributed by atoms with Crippen LogP contribution in [0.1, 0.15) is 36.0 Å². The molecule has 2 aromatic rings. The average Bonchev–Trinajstić information content (AvgIpc) is 3.21. The van der Waals surface area contributed by atoms with Crippen LogP contribution in [0, 0.1) is 0 Å². The van der Waals surface area contributed by atoms with Gasteiger partial charge in [-0.05, 0) is 42.6 Å². The number of carbonyl (C=O) groups is 1. The molecular formula is C20H28N2OS2. The van der Waals surface area contributed by atoms with Crippen molar-refractivity contribution in [2.75, 3.05) is 19.6 Å². The van der Waals surface area contributed by atoms with Crippen LogP contribution in [0.4, 0.5) is 0 Å². The second kappa shape index (κ2) is 9.08. The number of nitrogens with zero attached hydrogens (tertiary/aromatic N) is 1. The molecule has 0 amide bonds. The van der Waals surface area contributed by atoms with E-state index in [2.05, 4.69) is 28.4 Å². The van der Waals surface area contributed by atoms with Gasteiger partial charge in [0.1, 0.15) is 0 Å². The molecule has 2 fully saturated rings. The van der Waals surface area contributed by atoms with Gasteiger partial charge in [-0.1, -0.05) is 36.4 Å². The van der Waals surface area contributed by atoms with E-state index in [1.54, 1.807) is 0 Å². The van der Waals surface area contributed by atoms with Crippen LogP contribution in [-0.2, 0) is 0 Å². The normalized spacial score (nSPS) is 21.8. The van der Waals surface area contributed by atoms with E-state index in [0.717, 1.165) is 49.0 Å². The van der Waals surface area contributed by atoms with Crippen LogP contribution in [0.3, 0.4) is 0 Å². The summed E-state index contributed by atoms with van der Waals surface area (Å²) in [6.07, 6.45) is 4.10. The third-order valence-electron chi connectivity index (χ3n) is 5.34. The molecule has 0 aliphatic carbocycles. The van der Waals surface area contributed by atoms with Crippen molar-refractivity contribution in [1.29, 1.82) is 0 Å². The maximum atomic E-state index is 12.4. The van der Waals surface area contributed by atoms with Gasteiger partial charge in [0, 0.05) is 37.2 Å². The van der Waals surface area contributed by atoms with E-state index in [1.807, 2.05) is 24.3 Å². The molecule has 2 atom stereocenters. The minimum Gasteiger partial charge on any atom is -0.311 e. The fraction of sp³-hybridized carbons (Fsp3) is 0.450. The molecule has 2 aromatic carbocycles. The van der Waals surface area contributed by atoms with E-state index in [9.17, 15) is 4.79 Å². The lowest BCUT2D eigenvalue weighted by molar-refractivity contribution is 0.0977. The van der Waals surface area contributed by atoms with Crippen molar-refractivity contribution in [3.63, 3.8) is 0 Å². The molecule has 2 saturated heterocycles. The van der Waals surface area contributed by atoms with Gasteiger partial charge in [0.05, 0.1) is 0 Å². The molecule has 2 unspecified atom stereocenters. The summed E-state index contributed by atoms with van der Waals surface area (Å²) in [5.41, 5.74) is 0.855. The molecule has 4 rings (SSSR count). The highest BCUT2D eigenvalue weighted by atomic mass is 32.1. The number of piperazine rings is 1. The van der Waals surface area contributed by atoms with Gasteiger partial charge in [-0.3, -0.25) is 9.69 Å². The van der Waals surface area contributed by atoms with Crippen LogP contribution in [0.25, 0.3) is 10.8 Å². The van der Waals surface area contributed by atoms with Crippen molar-refractivity contribution in [2.24, 2.45) is 0 Å². The molecule has 0 saturated carbocycles. The maximum Gasteiger partial charge on any atom is 0.162 e. The van der Waals surface area contributed by atoms with Crippen LogP contribution in [0.2, 0.25) is 0 Å². The van der Waals surface area contributed by atoms with Gasteiger partial charge in [-0.25, -0.2) is 0 Å². The Morgan fingerprint density at radius 1 is 1.08 bits per heavy atom. The van der Waals surface area contributed by atoms with Gasteiger partial charge in [-0.2, -0.15) is 27.0 Å². The predicted octanol–water partition coefficient (Wildman–Crippen LogP) is 3.46. The SMILES string of the molecule is O=C(CCCCN1CC2CC1CN2)c1ccc2ccccc2c1.S.S. The molecule has 2 bridgehead atoms. The van der Waals surface area contributed by atoms with Gasteiger partial charge in [0.15, 0.2) is 5.78 Å². The Morgan fingerprint density at radius 2 is 1.88 bits per heavy atom. The standard InChI is InChI=1S/C20H24N2O.2H2S/c23-20(17-9-8-15-5-1-2-6-16(15)11-17)7-3-4-10-22-14-18-12-19(22)13-21-18;;/h1-2,5-6,8-9,11,18-19,21H,3-4,7,10,12-14H2;2*1H2. The number of hydrogen-bond donors (Lipinski definition) is 1. The Hall–Kier alpha value is -1.01. The first kappa shape index (κ1) is 20.3. The number of likely N-dealkylation sites (tertiary alicyclic amines) is 1. The molecule has 3 nitrogen and oxygen atoms in total. The zero-order valence-electron chi connectivity index (χ0n) is 14.5. The van der Waals surface area contributed by atoms with Crippen LogP contribution < -0.4 is 5.32 Å². The number of ketones is 1. The number of carbonyl (C=O) groups excluding carboxylic acids is 1. The topological polar surface area (TPSA) is 32.3 Å². The van der Waals surface area contributed by atoms with E-state index in [-0.39, 0.29) is 32.8 Å². The van der Waals surface area contributed by atoms with Crippen LogP contribution >= 0.6 is 27.0 Å². The lowest BCUT2D eigenvalue weighted by Gasteiger charge is -2.27. The summed E-state index contributed by atoms with van der Waals surface area (Å²) in [6.45, 7) is 3.50. The molecule has 1 N–H and O–H groups in total. The summed E-state index contributed by atoms with van der Waals surface area (Å²) in [5.74, 6) is 0.278. The Bertz CT molecular complexity index is 722. The van der Waals surface area contributed by atoms with E-state index < -0.39 is 0 Å². The Morgan fingerprint density at radius 3 is 2.60 bits per heavy atom. The highest BCUT2D eigenvalue weighted by Gasteiger charge is 2.36. The molecule has 5 heteroatoms. The number of nitrogens with one attached hydrogen (secondary N) is 1. The summed E-state index contributed by atoms with van der Waals surface area (Å²) in [7, 11) is 0. The first-order valence-corrected chi connectivity index (χ1v) is 8.79. The van der Waals surface area contributed by atoms with E-state index in [4.69, 9.17) is 0 Å². The second-order valence-corrected chi connectivity index (χ2v) is 6.93. The fourth-order valence-electron chi connectivity index (χ4n) is 4.03. The smallest absolute Gasteiger partial charge is 0.162 e. The van der Waals surface area contributed by atoms with Crippen molar-refractivity contribution < 1.29 is 4.79 Å². The summed E-state index contributed by atoms with van der Waals surface area (Å²) in [5, 5.41) is 5.88. The lowest BCUT2D eigenvalue weighted by atomic mass is 10.0. The van der Waals surface area contributed by atoms with Gasteiger partial charge in [0.2, 0.25) is 0 Å². The lowest BCUT2D eigenvalue weighted by Crippen LogP contribution is -2.43. The summed E-state index contributed by atoms with van der Waals surface area (Å²) in [6, 6.07) is 15.7. The summed E-state index contributed by atoms with van der Waals surface area (Å²) in [4.78, 5) is 15.0. The summed E-state index contributed by atoms with van der Waals surface area (Å²) >= 11 is 0. The quantitative estimate of drug-likeness (QED) is 0.619. The van der Waals surface area contributed by atoms with E-state index >= 15 is 0 Å². The van der Waals surface area contributed by atoms with Crippen LogP contribution in [-0.4, -0.2) is 42.4 Å². The number of unbranched alkanes of at least 4 members (excludes halogenated alkanes) is 1. The number of hydrogen-bond acceptors (Lipinski definition) is 3. The van der Waals surface area contributed by atoms with Gasteiger partial charge < -0.3 is 5.32 Å². The Kier molecular flexibility index (Phi) is 7.37. The third kappa shape index (κ3) is 4.59. The predicted molar refractivity (Wildman–Crippen MR) is 115 cm³/mol. The highest BCUT2D eigenvalue weighted by Crippen LogP contribution is 2.23. The maximum absolute atomic E-state index is 12.4. The molecule has 0 aromatic heterocycles. The zero-order valence-corrected chi connectivity index (χ0v) is 16.5. The van der Waals surface area contributed by atoms with Crippen molar-refractivity contribution >= 4 is 43.5 Å². The Balaban J connectivity index is 0.00000113. The van der Waals surface area contributed by atoms with Gasteiger partial charge in [-0.15, -0.1) is 0 Å². The molecule has 2 aliphatic heterocycles. The summed E-state index contributed by atoms with van der Waals surface area (Å²) < 4.78 is 0. The Labute approximate surface area is 164 Å².